The number of unbranched alkanes of at least 4 members (excludes halogenated alkanes) is 49. The van der Waals surface area contributed by atoms with Crippen molar-refractivity contribution in [1.82, 2.24) is 0 Å². The van der Waals surface area contributed by atoms with Crippen LogP contribution >= 0.6 is 0 Å². The molecule has 1 N–H and O–H groups in total. The number of likely N-dealkylation sites (N-methyl/N-ethyl adjacent to an activating group) is 1. The predicted molar refractivity (Wildman–Crippen MR) is 364 cm³/mol. The first-order valence-corrected chi connectivity index (χ1v) is 37.2. The van der Waals surface area contributed by atoms with Gasteiger partial charge in [0.1, 0.15) is 13.2 Å². The van der Waals surface area contributed by atoms with Crippen LogP contribution in [0.2, 0.25) is 0 Å². The molecule has 0 amide bonds. The summed E-state index contributed by atoms with van der Waals surface area (Å²) in [7, 11) is 5.99. The van der Waals surface area contributed by atoms with Gasteiger partial charge in [0, 0.05) is 12.8 Å². The van der Waals surface area contributed by atoms with E-state index in [4.69, 9.17) is 18.9 Å². The standard InChI is InChI=1S/C76H143NO8/c1-6-8-10-12-14-16-18-20-22-24-26-28-30-32-33-34-35-36-37-38-39-40-41-43-44-46-48-50-52-54-56-58-60-62-64-66-73(78)83-70-72(71-84-76(75(80)81)82-69-68-77(3,4)5)85-74(79)67-65-63-61-59-57-55-53-51-49-47-45-42-31-29-27-25-23-21-19-17-15-13-11-9-7-2/h19,21,24-27,72,76H,6-18,20,22-23,28-71H2,1-5H3/p+1/b21-19-,26-24-,27-25-. The number of hydrogen-bond donors (Lipinski definition) is 1. The summed E-state index contributed by atoms with van der Waals surface area (Å²) in [5.74, 6) is -1.98. The van der Waals surface area contributed by atoms with Crippen molar-refractivity contribution in [3.8, 4) is 0 Å². The van der Waals surface area contributed by atoms with Gasteiger partial charge in [-0.25, -0.2) is 4.79 Å². The Morgan fingerprint density at radius 3 is 0.941 bits per heavy atom. The minimum Gasteiger partial charge on any atom is -0.477 e. The summed E-state index contributed by atoms with van der Waals surface area (Å²) in [4.78, 5) is 37.6. The van der Waals surface area contributed by atoms with Gasteiger partial charge in [0.05, 0.1) is 34.4 Å². The van der Waals surface area contributed by atoms with Gasteiger partial charge in [0.15, 0.2) is 6.10 Å². The number of ether oxygens (including phenoxy) is 4. The number of aliphatic carboxylic acids is 1. The molecule has 0 aromatic rings. The lowest BCUT2D eigenvalue weighted by Gasteiger charge is -2.25. The zero-order valence-electron chi connectivity index (χ0n) is 57.3. The minimum absolute atomic E-state index is 0.177. The van der Waals surface area contributed by atoms with Crippen molar-refractivity contribution in [2.45, 2.75) is 386 Å². The Hall–Kier alpha value is -2.49. The SMILES string of the molecule is CCCCCCC/C=C\C/C=C\CCCCCCCCCCCCCCCC(=O)OC(COC(=O)CCCCCCCCCCCCCCCCCCCCCCCCC/C=C\CCCCCCCCCC)COC(OCC[N+](C)(C)C)C(=O)O. The van der Waals surface area contributed by atoms with Gasteiger partial charge in [-0.15, -0.1) is 0 Å². The molecular weight excluding hydrogens is 1050 g/mol. The fourth-order valence-corrected chi connectivity index (χ4v) is 11.2. The van der Waals surface area contributed by atoms with Gasteiger partial charge in [-0.1, -0.05) is 326 Å². The largest absolute Gasteiger partial charge is 0.477 e. The molecule has 0 heterocycles. The van der Waals surface area contributed by atoms with E-state index in [-0.39, 0.29) is 38.2 Å². The maximum atomic E-state index is 12.9. The van der Waals surface area contributed by atoms with Crippen LogP contribution in [-0.4, -0.2) is 87.4 Å². The van der Waals surface area contributed by atoms with Crippen molar-refractivity contribution in [3.05, 3.63) is 36.5 Å². The van der Waals surface area contributed by atoms with Crippen LogP contribution in [0, 0.1) is 0 Å². The highest BCUT2D eigenvalue weighted by Crippen LogP contribution is 2.19. The number of carbonyl (C=O) groups is 3. The number of hydrogen-bond acceptors (Lipinski definition) is 7. The van der Waals surface area contributed by atoms with Gasteiger partial charge in [0.25, 0.3) is 6.29 Å². The molecule has 85 heavy (non-hydrogen) atoms. The Balaban J connectivity index is 4.00. The molecule has 2 unspecified atom stereocenters. The van der Waals surface area contributed by atoms with E-state index in [1.807, 2.05) is 21.1 Å². The lowest BCUT2D eigenvalue weighted by Crippen LogP contribution is -2.40. The first-order valence-electron chi connectivity index (χ1n) is 37.2. The molecule has 0 aromatic carbocycles. The molecule has 2 atom stereocenters. The van der Waals surface area contributed by atoms with Crippen LogP contribution in [0.1, 0.15) is 373 Å². The summed E-state index contributed by atoms with van der Waals surface area (Å²) >= 11 is 0. The zero-order valence-corrected chi connectivity index (χ0v) is 57.3. The Labute approximate surface area is 528 Å². The highest BCUT2D eigenvalue weighted by Gasteiger charge is 2.25. The molecule has 0 aliphatic heterocycles. The van der Waals surface area contributed by atoms with E-state index in [2.05, 4.69) is 50.3 Å². The monoisotopic (exact) mass is 1200 g/mol. The van der Waals surface area contributed by atoms with Crippen molar-refractivity contribution >= 4 is 17.9 Å². The second-order valence-electron chi connectivity index (χ2n) is 26.6. The summed E-state index contributed by atoms with van der Waals surface area (Å²) in [6.07, 6.45) is 82.8. The van der Waals surface area contributed by atoms with Crippen LogP contribution in [-0.2, 0) is 33.3 Å². The molecule has 0 bridgehead atoms. The maximum absolute atomic E-state index is 12.9. The lowest BCUT2D eigenvalue weighted by atomic mass is 10.0. The van der Waals surface area contributed by atoms with E-state index in [1.54, 1.807) is 0 Å². The minimum atomic E-state index is -1.51. The number of nitrogens with zero attached hydrogens (tertiary/aromatic N) is 1. The van der Waals surface area contributed by atoms with Crippen LogP contribution in [0.3, 0.4) is 0 Å². The highest BCUT2D eigenvalue weighted by molar-refractivity contribution is 5.71. The molecule has 500 valence electrons. The van der Waals surface area contributed by atoms with E-state index in [0.29, 0.717) is 17.4 Å². The summed E-state index contributed by atoms with van der Waals surface area (Å²) in [5.41, 5.74) is 0. The molecule has 0 saturated heterocycles. The normalized spacial score (nSPS) is 12.8. The number of carboxylic acids is 1. The Kier molecular flexibility index (Phi) is 65.5. The molecular formula is C76H144NO8+. The van der Waals surface area contributed by atoms with Gasteiger partial charge in [-0.05, 0) is 70.6 Å². The molecule has 0 saturated carbocycles. The summed E-state index contributed by atoms with van der Waals surface area (Å²) < 4.78 is 23.0. The molecule has 0 aliphatic carbocycles. The van der Waals surface area contributed by atoms with Gasteiger partial charge >= 0.3 is 17.9 Å². The third kappa shape index (κ3) is 68.9. The van der Waals surface area contributed by atoms with E-state index in [0.717, 1.165) is 44.9 Å². The van der Waals surface area contributed by atoms with E-state index in [9.17, 15) is 19.5 Å². The third-order valence-electron chi connectivity index (χ3n) is 16.9. The van der Waals surface area contributed by atoms with Crippen LogP contribution in [0.4, 0.5) is 0 Å². The molecule has 0 fully saturated rings. The number of carboxylic acid groups (broad SMARTS) is 1. The summed E-state index contributed by atoms with van der Waals surface area (Å²) in [5, 5.41) is 9.75. The average Bonchev–Trinajstić information content (AvgIpc) is 3.49. The zero-order chi connectivity index (χ0) is 61.9. The fourth-order valence-electron chi connectivity index (χ4n) is 11.2. The maximum Gasteiger partial charge on any atom is 0.361 e. The average molecular weight is 1200 g/mol. The van der Waals surface area contributed by atoms with Crippen LogP contribution in [0.25, 0.3) is 0 Å². The van der Waals surface area contributed by atoms with Crippen molar-refractivity contribution in [3.63, 3.8) is 0 Å². The van der Waals surface area contributed by atoms with Crippen LogP contribution in [0.5, 0.6) is 0 Å². The Morgan fingerprint density at radius 1 is 0.353 bits per heavy atom. The molecule has 0 radical (unpaired) electrons. The fraction of sp³-hybridized carbons (Fsp3) is 0.882. The van der Waals surface area contributed by atoms with Gasteiger partial charge < -0.3 is 28.5 Å². The number of rotatable bonds is 70. The van der Waals surface area contributed by atoms with Gasteiger partial charge in [-0.2, -0.15) is 0 Å². The van der Waals surface area contributed by atoms with Crippen molar-refractivity contribution in [2.24, 2.45) is 0 Å². The van der Waals surface area contributed by atoms with Gasteiger partial charge in [-0.3, -0.25) is 9.59 Å². The lowest BCUT2D eigenvalue weighted by molar-refractivity contribution is -0.870. The predicted octanol–water partition coefficient (Wildman–Crippen LogP) is 23.1. The molecule has 0 aliphatic rings. The molecule has 9 heteroatoms. The molecule has 0 aromatic heterocycles. The third-order valence-corrected chi connectivity index (χ3v) is 16.9. The smallest absolute Gasteiger partial charge is 0.361 e. The summed E-state index contributed by atoms with van der Waals surface area (Å²) in [6.45, 7) is 4.93. The van der Waals surface area contributed by atoms with Crippen LogP contribution in [0.15, 0.2) is 36.5 Å². The highest BCUT2D eigenvalue weighted by atomic mass is 16.7. The Morgan fingerprint density at radius 2 is 0.635 bits per heavy atom. The first kappa shape index (κ1) is 82.5. The molecule has 0 rings (SSSR count). The van der Waals surface area contributed by atoms with Crippen molar-refractivity contribution < 1.29 is 42.9 Å². The number of allylic oxidation sites excluding steroid dienone is 6. The van der Waals surface area contributed by atoms with Crippen molar-refractivity contribution in [2.75, 3.05) is 47.5 Å². The number of carbonyl (C=O) groups excluding carboxylic acids is 2. The Bertz CT molecular complexity index is 1490. The van der Waals surface area contributed by atoms with E-state index < -0.39 is 18.4 Å². The van der Waals surface area contributed by atoms with Crippen molar-refractivity contribution in [1.29, 1.82) is 0 Å². The topological polar surface area (TPSA) is 108 Å². The van der Waals surface area contributed by atoms with E-state index in [1.165, 1.54) is 302 Å². The second kappa shape index (κ2) is 67.4. The van der Waals surface area contributed by atoms with Gasteiger partial charge in [0.2, 0.25) is 0 Å². The summed E-state index contributed by atoms with van der Waals surface area (Å²) in [6, 6.07) is 0. The second-order valence-corrected chi connectivity index (χ2v) is 26.6. The first-order chi connectivity index (χ1) is 41.6. The molecule has 9 nitrogen and oxygen atoms in total. The number of quaternary nitrogens is 1. The quantitative estimate of drug-likeness (QED) is 0.0211. The number of esters is 2. The van der Waals surface area contributed by atoms with Crippen LogP contribution < -0.4 is 0 Å². The van der Waals surface area contributed by atoms with E-state index >= 15 is 0 Å². The molecule has 0 spiro atoms.